The normalized spacial score (nSPS) is 18.9. The number of ether oxygens (including phenoxy) is 1. The molecule has 0 N–H and O–H groups in total. The Bertz CT molecular complexity index is 518. The fourth-order valence-electron chi connectivity index (χ4n) is 2.27. The van der Waals surface area contributed by atoms with E-state index in [0.717, 1.165) is 12.8 Å². The third-order valence-electron chi connectivity index (χ3n) is 3.22. The zero-order chi connectivity index (χ0) is 14.7. The summed E-state index contributed by atoms with van der Waals surface area (Å²) < 4.78 is 5.89. The second-order valence-corrected chi connectivity index (χ2v) is 6.87. The lowest BCUT2D eigenvalue weighted by molar-refractivity contribution is -0.149. The molecule has 0 bridgehead atoms. The molecule has 0 saturated carbocycles. The van der Waals surface area contributed by atoms with E-state index in [1.54, 1.807) is 17.9 Å². The van der Waals surface area contributed by atoms with E-state index in [1.165, 1.54) is 11.3 Å². The highest BCUT2D eigenvalue weighted by Crippen LogP contribution is 2.32. The summed E-state index contributed by atoms with van der Waals surface area (Å²) in [6, 6.07) is 1.57. The molecule has 2 heterocycles. The number of esters is 1. The Hall–Kier alpha value is -0.780. The lowest BCUT2D eigenvalue weighted by atomic mass is 9.98. The van der Waals surface area contributed by atoms with Gasteiger partial charge in [0.1, 0.15) is 4.34 Å². The predicted molar refractivity (Wildman–Crippen MR) is 79.6 cm³/mol. The number of rotatable bonds is 3. The minimum absolute atomic E-state index is 0.174. The Kier molecular flexibility index (Phi) is 5.29. The van der Waals surface area contributed by atoms with Crippen LogP contribution in [0.15, 0.2) is 6.07 Å². The largest absolute Gasteiger partial charge is 0.466 e. The molecule has 1 aliphatic heterocycles. The fourth-order valence-corrected chi connectivity index (χ4v) is 3.72. The molecule has 7 heteroatoms. The molecule has 0 spiro atoms. The maximum Gasteiger partial charge on any atom is 0.310 e. The van der Waals surface area contributed by atoms with E-state index in [-0.39, 0.29) is 17.8 Å². The SMILES string of the molecule is CCOC(=O)[C@@H]1CCCN(C(=O)c2cc(Cl)sc2Cl)C1. The number of carbonyl (C=O) groups is 2. The highest BCUT2D eigenvalue weighted by atomic mass is 35.5. The minimum Gasteiger partial charge on any atom is -0.466 e. The van der Waals surface area contributed by atoms with E-state index in [0.29, 0.717) is 33.9 Å². The Balaban J connectivity index is 2.07. The zero-order valence-corrected chi connectivity index (χ0v) is 13.4. The van der Waals surface area contributed by atoms with E-state index in [4.69, 9.17) is 27.9 Å². The van der Waals surface area contributed by atoms with Gasteiger partial charge >= 0.3 is 5.97 Å². The molecule has 2 rings (SSSR count). The Morgan fingerprint density at radius 1 is 1.50 bits per heavy atom. The topological polar surface area (TPSA) is 46.6 Å². The molecule has 1 aliphatic rings. The predicted octanol–water partition coefficient (Wildman–Crippen LogP) is 3.47. The van der Waals surface area contributed by atoms with E-state index >= 15 is 0 Å². The van der Waals surface area contributed by atoms with Crippen molar-refractivity contribution in [1.82, 2.24) is 4.90 Å². The van der Waals surface area contributed by atoms with Gasteiger partial charge in [-0.3, -0.25) is 9.59 Å². The molecule has 1 aromatic rings. The quantitative estimate of drug-likeness (QED) is 0.794. The van der Waals surface area contributed by atoms with Crippen molar-refractivity contribution in [1.29, 1.82) is 0 Å². The number of likely N-dealkylation sites (tertiary alicyclic amines) is 1. The van der Waals surface area contributed by atoms with Gasteiger partial charge in [0.2, 0.25) is 0 Å². The lowest BCUT2D eigenvalue weighted by Gasteiger charge is -2.31. The number of halogens is 2. The molecule has 0 radical (unpaired) electrons. The molecule has 1 fully saturated rings. The first-order valence-corrected chi connectivity index (χ1v) is 8.01. The number of hydrogen-bond acceptors (Lipinski definition) is 4. The van der Waals surface area contributed by atoms with Crippen LogP contribution in [0.2, 0.25) is 8.67 Å². The summed E-state index contributed by atoms with van der Waals surface area (Å²) in [6.07, 6.45) is 1.53. The first kappa shape index (κ1) is 15.6. The number of piperidine rings is 1. The molecular weight excluding hydrogens is 321 g/mol. The average Bonchev–Trinajstić information content (AvgIpc) is 2.77. The molecule has 4 nitrogen and oxygen atoms in total. The first-order valence-electron chi connectivity index (χ1n) is 6.43. The Labute approximate surface area is 131 Å². The van der Waals surface area contributed by atoms with Crippen molar-refractivity contribution in [3.8, 4) is 0 Å². The summed E-state index contributed by atoms with van der Waals surface area (Å²) in [6.45, 7) is 3.13. The van der Waals surface area contributed by atoms with Gasteiger partial charge < -0.3 is 9.64 Å². The molecule has 0 aromatic carbocycles. The van der Waals surface area contributed by atoms with E-state index in [9.17, 15) is 9.59 Å². The highest BCUT2D eigenvalue weighted by molar-refractivity contribution is 7.20. The van der Waals surface area contributed by atoms with Gasteiger partial charge in [-0.25, -0.2) is 0 Å². The number of thiophene rings is 1. The molecule has 0 unspecified atom stereocenters. The number of hydrogen-bond donors (Lipinski definition) is 0. The molecule has 1 saturated heterocycles. The molecule has 1 aromatic heterocycles. The standard InChI is InChI=1S/C13H15Cl2NO3S/c1-2-19-13(18)8-4-3-5-16(7-8)12(17)9-6-10(14)20-11(9)15/h6,8H,2-5,7H2,1H3/t8-/m1/s1. The molecule has 110 valence electrons. The maximum absolute atomic E-state index is 12.4. The van der Waals surface area contributed by atoms with Gasteiger partial charge in [0.05, 0.1) is 22.4 Å². The zero-order valence-electron chi connectivity index (χ0n) is 11.0. The van der Waals surface area contributed by atoms with Crippen LogP contribution in [0.25, 0.3) is 0 Å². The van der Waals surface area contributed by atoms with Gasteiger partial charge in [-0.1, -0.05) is 23.2 Å². The molecular formula is C13H15Cl2NO3S. The third kappa shape index (κ3) is 3.45. The summed E-state index contributed by atoms with van der Waals surface area (Å²) >= 11 is 13.0. The van der Waals surface area contributed by atoms with Crippen LogP contribution in [-0.2, 0) is 9.53 Å². The van der Waals surface area contributed by atoms with Crippen molar-refractivity contribution in [3.63, 3.8) is 0 Å². The van der Waals surface area contributed by atoms with Crippen LogP contribution in [0.4, 0.5) is 0 Å². The summed E-state index contributed by atoms with van der Waals surface area (Å²) in [5, 5.41) is 0. The molecule has 1 atom stereocenters. The van der Waals surface area contributed by atoms with E-state index in [2.05, 4.69) is 0 Å². The Morgan fingerprint density at radius 3 is 2.85 bits per heavy atom. The van der Waals surface area contributed by atoms with Crippen molar-refractivity contribution < 1.29 is 14.3 Å². The van der Waals surface area contributed by atoms with Crippen molar-refractivity contribution in [2.75, 3.05) is 19.7 Å². The van der Waals surface area contributed by atoms with Gasteiger partial charge in [-0.2, -0.15) is 0 Å². The van der Waals surface area contributed by atoms with Crippen LogP contribution < -0.4 is 0 Å². The molecule has 0 aliphatic carbocycles. The lowest BCUT2D eigenvalue weighted by Crippen LogP contribution is -2.42. The summed E-state index contributed by atoms with van der Waals surface area (Å²) in [5.74, 6) is -0.660. The van der Waals surface area contributed by atoms with E-state index in [1.807, 2.05) is 0 Å². The minimum atomic E-state index is -0.250. The summed E-state index contributed by atoms with van der Waals surface area (Å²) in [7, 11) is 0. The van der Waals surface area contributed by atoms with Crippen LogP contribution >= 0.6 is 34.5 Å². The van der Waals surface area contributed by atoms with Crippen LogP contribution in [0.5, 0.6) is 0 Å². The third-order valence-corrected chi connectivity index (χ3v) is 4.70. The number of amides is 1. The van der Waals surface area contributed by atoms with Crippen molar-refractivity contribution in [3.05, 3.63) is 20.3 Å². The average molecular weight is 336 g/mol. The molecule has 20 heavy (non-hydrogen) atoms. The van der Waals surface area contributed by atoms with Crippen LogP contribution in [0.3, 0.4) is 0 Å². The number of carbonyl (C=O) groups excluding carboxylic acids is 2. The van der Waals surface area contributed by atoms with Gasteiger partial charge in [0, 0.05) is 13.1 Å². The molecule has 1 amide bonds. The van der Waals surface area contributed by atoms with Gasteiger partial charge in [0.15, 0.2) is 0 Å². The van der Waals surface area contributed by atoms with Crippen molar-refractivity contribution in [2.45, 2.75) is 19.8 Å². The summed E-state index contributed by atoms with van der Waals surface area (Å²) in [5.41, 5.74) is 0.408. The van der Waals surface area contributed by atoms with Crippen LogP contribution in [-0.4, -0.2) is 36.5 Å². The van der Waals surface area contributed by atoms with Gasteiger partial charge in [-0.15, -0.1) is 11.3 Å². The maximum atomic E-state index is 12.4. The number of nitrogens with zero attached hydrogens (tertiary/aromatic N) is 1. The van der Waals surface area contributed by atoms with Crippen LogP contribution in [0, 0.1) is 5.92 Å². The van der Waals surface area contributed by atoms with Crippen LogP contribution in [0.1, 0.15) is 30.1 Å². The van der Waals surface area contributed by atoms with Gasteiger partial charge in [-0.05, 0) is 25.8 Å². The smallest absolute Gasteiger partial charge is 0.310 e. The fraction of sp³-hybridized carbons (Fsp3) is 0.538. The summed E-state index contributed by atoms with van der Waals surface area (Å²) in [4.78, 5) is 25.8. The van der Waals surface area contributed by atoms with Crippen molar-refractivity contribution in [2.24, 2.45) is 5.92 Å². The highest BCUT2D eigenvalue weighted by Gasteiger charge is 2.31. The first-order chi connectivity index (χ1) is 9.52. The second kappa shape index (κ2) is 6.78. The van der Waals surface area contributed by atoms with Gasteiger partial charge in [0.25, 0.3) is 5.91 Å². The Morgan fingerprint density at radius 2 is 2.25 bits per heavy atom. The second-order valence-electron chi connectivity index (χ2n) is 4.58. The van der Waals surface area contributed by atoms with E-state index < -0.39 is 0 Å². The van der Waals surface area contributed by atoms with Crippen molar-refractivity contribution >= 4 is 46.4 Å². The monoisotopic (exact) mass is 335 g/mol.